The summed E-state index contributed by atoms with van der Waals surface area (Å²) in [6.07, 6.45) is 1.38. The van der Waals surface area contributed by atoms with Crippen molar-refractivity contribution in [2.24, 2.45) is 5.11 Å². The van der Waals surface area contributed by atoms with Gasteiger partial charge in [-0.05, 0) is 30.9 Å². The molecule has 0 bridgehead atoms. The lowest BCUT2D eigenvalue weighted by atomic mass is 9.97. The normalized spacial score (nSPS) is 14.0. The molecule has 1 N–H and O–H groups in total. The summed E-state index contributed by atoms with van der Waals surface area (Å²) in [4.78, 5) is 2.64. The van der Waals surface area contributed by atoms with Crippen LogP contribution in [0.5, 0.6) is 0 Å². The largest absolute Gasteiger partial charge is 0.390 e. The van der Waals surface area contributed by atoms with E-state index in [1.807, 2.05) is 30.3 Å². The molecule has 1 aromatic carbocycles. The molecule has 0 amide bonds. The van der Waals surface area contributed by atoms with Crippen LogP contribution in [-0.4, -0.2) is 17.3 Å². The lowest BCUT2D eigenvalue weighted by molar-refractivity contribution is 0.0604. The van der Waals surface area contributed by atoms with E-state index in [4.69, 9.17) is 5.53 Å². The number of aliphatic hydroxyl groups is 1. The summed E-state index contributed by atoms with van der Waals surface area (Å²) in [6.45, 7) is 1.81. The predicted octanol–water partition coefficient (Wildman–Crippen LogP) is 2.68. The molecule has 0 aromatic heterocycles. The van der Waals surface area contributed by atoms with Crippen LogP contribution in [0, 0.1) is 0 Å². The second-order valence-electron chi connectivity index (χ2n) is 3.87. The molecule has 4 nitrogen and oxygen atoms in total. The minimum Gasteiger partial charge on any atom is -0.390 e. The van der Waals surface area contributed by atoms with Crippen molar-refractivity contribution in [2.75, 3.05) is 6.54 Å². The van der Waals surface area contributed by atoms with Crippen LogP contribution in [0.25, 0.3) is 10.4 Å². The van der Waals surface area contributed by atoms with E-state index < -0.39 is 5.60 Å². The molecular formula is C11H15N3O. The van der Waals surface area contributed by atoms with E-state index in [-0.39, 0.29) is 6.54 Å². The van der Waals surface area contributed by atoms with E-state index in [0.717, 1.165) is 6.42 Å². The highest BCUT2D eigenvalue weighted by Crippen LogP contribution is 2.14. The lowest BCUT2D eigenvalue weighted by Gasteiger charge is -2.20. The highest BCUT2D eigenvalue weighted by molar-refractivity contribution is 5.15. The summed E-state index contributed by atoms with van der Waals surface area (Å²) >= 11 is 0. The third kappa shape index (κ3) is 4.49. The molecule has 15 heavy (non-hydrogen) atoms. The fraction of sp³-hybridized carbons (Fsp3) is 0.455. The molecule has 0 saturated heterocycles. The summed E-state index contributed by atoms with van der Waals surface area (Å²) in [5.41, 5.74) is 8.43. The average Bonchev–Trinajstić information content (AvgIpc) is 2.25. The molecule has 0 aliphatic heterocycles. The molecular weight excluding hydrogens is 190 g/mol. The van der Waals surface area contributed by atoms with Crippen molar-refractivity contribution >= 4 is 0 Å². The maximum Gasteiger partial charge on any atom is 0.0679 e. The quantitative estimate of drug-likeness (QED) is 0.448. The van der Waals surface area contributed by atoms with Gasteiger partial charge in [0.2, 0.25) is 0 Å². The van der Waals surface area contributed by atoms with Crippen LogP contribution >= 0.6 is 0 Å². The van der Waals surface area contributed by atoms with Crippen molar-refractivity contribution in [3.63, 3.8) is 0 Å². The van der Waals surface area contributed by atoms with E-state index in [2.05, 4.69) is 10.0 Å². The van der Waals surface area contributed by atoms with Crippen molar-refractivity contribution in [2.45, 2.75) is 25.4 Å². The molecule has 0 fully saturated rings. The summed E-state index contributed by atoms with van der Waals surface area (Å²) in [7, 11) is 0. The van der Waals surface area contributed by atoms with Gasteiger partial charge in [-0.2, -0.15) is 0 Å². The van der Waals surface area contributed by atoms with Gasteiger partial charge in [0, 0.05) is 4.91 Å². The molecule has 0 unspecified atom stereocenters. The third-order valence-corrected chi connectivity index (χ3v) is 2.27. The van der Waals surface area contributed by atoms with Gasteiger partial charge in [-0.15, -0.1) is 0 Å². The highest BCUT2D eigenvalue weighted by Gasteiger charge is 2.18. The smallest absolute Gasteiger partial charge is 0.0679 e. The molecule has 1 aromatic rings. The van der Waals surface area contributed by atoms with Gasteiger partial charge in [-0.1, -0.05) is 35.4 Å². The fourth-order valence-corrected chi connectivity index (χ4v) is 1.32. The van der Waals surface area contributed by atoms with E-state index in [9.17, 15) is 5.11 Å². The van der Waals surface area contributed by atoms with Crippen molar-refractivity contribution in [3.05, 3.63) is 46.3 Å². The van der Waals surface area contributed by atoms with E-state index in [1.54, 1.807) is 6.92 Å². The van der Waals surface area contributed by atoms with Crippen molar-refractivity contribution < 1.29 is 5.11 Å². The van der Waals surface area contributed by atoms with E-state index in [0.29, 0.717) is 6.42 Å². The molecule has 0 radical (unpaired) electrons. The summed E-state index contributed by atoms with van der Waals surface area (Å²) < 4.78 is 0. The Labute approximate surface area is 89.2 Å². The van der Waals surface area contributed by atoms with Crippen LogP contribution in [0.2, 0.25) is 0 Å². The zero-order valence-corrected chi connectivity index (χ0v) is 8.80. The molecule has 1 atom stereocenters. The number of hydrogen-bond donors (Lipinski definition) is 1. The summed E-state index contributed by atoms with van der Waals surface area (Å²) in [6, 6.07) is 9.93. The minimum absolute atomic E-state index is 0.121. The van der Waals surface area contributed by atoms with E-state index >= 15 is 0 Å². The first kappa shape index (κ1) is 11.6. The van der Waals surface area contributed by atoms with Crippen LogP contribution in [0.15, 0.2) is 35.4 Å². The Bertz CT molecular complexity index is 342. The monoisotopic (exact) mass is 205 g/mol. The zero-order valence-electron chi connectivity index (χ0n) is 8.80. The highest BCUT2D eigenvalue weighted by atomic mass is 16.3. The standard InChI is InChI=1S/C11H15N3O/c1-11(15,9-13-14-12)8-7-10-5-3-2-4-6-10/h2-6,15H,7-9H2,1H3/t11-/m0/s1. The van der Waals surface area contributed by atoms with Crippen molar-refractivity contribution in [3.8, 4) is 0 Å². The molecule has 0 saturated carbocycles. The molecule has 1 rings (SSSR count). The number of azide groups is 1. The minimum atomic E-state index is -0.915. The summed E-state index contributed by atoms with van der Waals surface area (Å²) in [5.74, 6) is 0. The Morgan fingerprint density at radius 2 is 2.07 bits per heavy atom. The predicted molar refractivity (Wildman–Crippen MR) is 59.4 cm³/mol. The second-order valence-corrected chi connectivity index (χ2v) is 3.87. The number of hydrogen-bond acceptors (Lipinski definition) is 2. The first-order valence-corrected chi connectivity index (χ1v) is 4.91. The van der Waals surface area contributed by atoms with Gasteiger partial charge in [-0.3, -0.25) is 0 Å². The lowest BCUT2D eigenvalue weighted by Crippen LogP contribution is -2.28. The Morgan fingerprint density at radius 3 is 2.67 bits per heavy atom. The number of nitrogens with zero attached hydrogens (tertiary/aromatic N) is 3. The zero-order chi connectivity index (χ0) is 11.1. The maximum atomic E-state index is 9.84. The molecule has 0 heterocycles. The van der Waals surface area contributed by atoms with E-state index in [1.165, 1.54) is 5.56 Å². The van der Waals surface area contributed by atoms with Gasteiger partial charge in [0.25, 0.3) is 0 Å². The molecule has 0 aliphatic rings. The number of benzene rings is 1. The Hall–Kier alpha value is -1.51. The van der Waals surface area contributed by atoms with Gasteiger partial charge < -0.3 is 5.11 Å². The SMILES string of the molecule is C[C@](O)(CCc1ccccc1)CN=[N+]=[N-]. The van der Waals surface area contributed by atoms with Gasteiger partial charge in [-0.25, -0.2) is 0 Å². The van der Waals surface area contributed by atoms with Gasteiger partial charge in [0.15, 0.2) is 0 Å². The van der Waals surface area contributed by atoms with Crippen LogP contribution < -0.4 is 0 Å². The van der Waals surface area contributed by atoms with Crippen molar-refractivity contribution in [1.82, 2.24) is 0 Å². The first-order valence-electron chi connectivity index (χ1n) is 4.91. The van der Waals surface area contributed by atoms with Crippen molar-refractivity contribution in [1.29, 1.82) is 0 Å². The fourth-order valence-electron chi connectivity index (χ4n) is 1.32. The molecule has 4 heteroatoms. The maximum absolute atomic E-state index is 9.84. The molecule has 0 aliphatic carbocycles. The number of rotatable bonds is 5. The van der Waals surface area contributed by atoms with Gasteiger partial charge in [0.05, 0.1) is 12.1 Å². The van der Waals surface area contributed by atoms with Gasteiger partial charge in [0.1, 0.15) is 0 Å². The van der Waals surface area contributed by atoms with Crippen LogP contribution in [0.4, 0.5) is 0 Å². The topological polar surface area (TPSA) is 69.0 Å². The third-order valence-electron chi connectivity index (χ3n) is 2.27. The average molecular weight is 205 g/mol. The van der Waals surface area contributed by atoms with Crippen LogP contribution in [0.1, 0.15) is 18.9 Å². The molecule has 80 valence electrons. The Morgan fingerprint density at radius 1 is 1.40 bits per heavy atom. The molecule has 0 spiro atoms. The van der Waals surface area contributed by atoms with Crippen LogP contribution in [0.3, 0.4) is 0 Å². The second kappa shape index (κ2) is 5.39. The number of aryl methyl sites for hydroxylation is 1. The Kier molecular flexibility index (Phi) is 4.16. The Balaban J connectivity index is 2.45. The van der Waals surface area contributed by atoms with Crippen LogP contribution in [-0.2, 0) is 6.42 Å². The summed E-state index contributed by atoms with van der Waals surface area (Å²) in [5, 5.41) is 13.2. The van der Waals surface area contributed by atoms with Gasteiger partial charge >= 0.3 is 0 Å². The first-order chi connectivity index (χ1) is 7.14.